The van der Waals surface area contributed by atoms with Gasteiger partial charge in [0.25, 0.3) is 5.56 Å². The van der Waals surface area contributed by atoms with Crippen molar-refractivity contribution in [1.29, 1.82) is 0 Å². The van der Waals surface area contributed by atoms with Crippen molar-refractivity contribution in [2.45, 2.75) is 13.0 Å². The number of halogens is 1. The second-order valence-corrected chi connectivity index (χ2v) is 5.68. The Balaban J connectivity index is 1.48. The fourth-order valence-electron chi connectivity index (χ4n) is 2.73. The van der Waals surface area contributed by atoms with Crippen LogP contribution in [0.25, 0.3) is 22.1 Å². The second kappa shape index (κ2) is 6.39. The molecule has 4 aromatic rings. The van der Waals surface area contributed by atoms with Gasteiger partial charge in [-0.3, -0.25) is 9.36 Å². The van der Waals surface area contributed by atoms with Crippen LogP contribution in [0.5, 0.6) is 5.75 Å². The number of furan rings is 1. The lowest BCUT2D eigenvalue weighted by molar-refractivity contribution is 0.300. The third-order valence-corrected chi connectivity index (χ3v) is 3.98. The molecule has 0 atom stereocenters. The van der Waals surface area contributed by atoms with Gasteiger partial charge in [-0.15, -0.1) is 0 Å². The molecular formula is C19H15FN2O3. The summed E-state index contributed by atoms with van der Waals surface area (Å²) in [5.41, 5.74) is 1.30. The Morgan fingerprint density at radius 3 is 2.76 bits per heavy atom. The molecule has 6 heteroatoms. The van der Waals surface area contributed by atoms with Gasteiger partial charge in [0.05, 0.1) is 12.9 Å². The molecule has 2 aromatic heterocycles. The van der Waals surface area contributed by atoms with E-state index < -0.39 is 0 Å². The fourth-order valence-corrected chi connectivity index (χ4v) is 2.73. The predicted octanol–water partition coefficient (Wildman–Crippen LogP) is 3.75. The first-order valence-electron chi connectivity index (χ1n) is 7.97. The molecule has 2 aromatic carbocycles. The van der Waals surface area contributed by atoms with Crippen LogP contribution < -0.4 is 10.3 Å². The van der Waals surface area contributed by atoms with Gasteiger partial charge < -0.3 is 9.15 Å². The zero-order valence-corrected chi connectivity index (χ0v) is 13.3. The van der Waals surface area contributed by atoms with E-state index in [4.69, 9.17) is 9.15 Å². The normalized spacial score (nSPS) is 11.2. The van der Waals surface area contributed by atoms with Gasteiger partial charge in [0.15, 0.2) is 0 Å². The summed E-state index contributed by atoms with van der Waals surface area (Å²) in [4.78, 5) is 16.9. The molecule has 126 valence electrons. The molecular weight excluding hydrogens is 323 g/mol. The van der Waals surface area contributed by atoms with E-state index in [1.165, 1.54) is 23.0 Å². The van der Waals surface area contributed by atoms with Crippen LogP contribution in [-0.4, -0.2) is 16.2 Å². The van der Waals surface area contributed by atoms with Crippen molar-refractivity contribution in [2.24, 2.45) is 0 Å². The number of nitrogens with zero attached hydrogens (tertiary/aromatic N) is 2. The van der Waals surface area contributed by atoms with Crippen molar-refractivity contribution in [3.8, 4) is 5.75 Å². The van der Waals surface area contributed by atoms with Crippen molar-refractivity contribution in [3.63, 3.8) is 0 Å². The highest BCUT2D eigenvalue weighted by Crippen LogP contribution is 2.24. The second-order valence-electron chi connectivity index (χ2n) is 5.68. The third kappa shape index (κ3) is 2.98. The highest BCUT2D eigenvalue weighted by Gasteiger charge is 2.12. The number of aryl methyl sites for hydroxylation is 1. The monoisotopic (exact) mass is 338 g/mol. The SMILES string of the molecule is O=c1c2oc3ccccc3c2ncn1CCCOc1ccc(F)cc1. The Morgan fingerprint density at radius 1 is 1.12 bits per heavy atom. The van der Waals surface area contributed by atoms with Crippen LogP contribution in [0.4, 0.5) is 4.39 Å². The molecule has 0 N–H and O–H groups in total. The summed E-state index contributed by atoms with van der Waals surface area (Å²) in [5, 5.41) is 0.835. The maximum atomic E-state index is 12.8. The number of hydrogen-bond donors (Lipinski definition) is 0. The van der Waals surface area contributed by atoms with Crippen LogP contribution in [0.15, 0.2) is 64.1 Å². The maximum Gasteiger partial charge on any atom is 0.297 e. The molecule has 0 spiro atoms. The standard InChI is InChI=1S/C19H15FN2O3/c20-13-6-8-14(9-7-13)24-11-3-10-22-12-21-17-15-4-1-2-5-16(15)25-18(17)19(22)23/h1-2,4-9,12H,3,10-11H2. The average Bonchev–Trinajstić information content (AvgIpc) is 3.01. The van der Waals surface area contributed by atoms with E-state index in [1.807, 2.05) is 24.3 Å². The van der Waals surface area contributed by atoms with E-state index in [0.29, 0.717) is 36.4 Å². The fraction of sp³-hybridized carbons (Fsp3) is 0.158. The first-order chi connectivity index (χ1) is 12.2. The molecule has 0 saturated heterocycles. The molecule has 0 aliphatic rings. The lowest BCUT2D eigenvalue weighted by Crippen LogP contribution is -2.21. The van der Waals surface area contributed by atoms with Gasteiger partial charge in [0.2, 0.25) is 5.58 Å². The van der Waals surface area contributed by atoms with Gasteiger partial charge in [0.1, 0.15) is 22.7 Å². The van der Waals surface area contributed by atoms with Gasteiger partial charge >= 0.3 is 0 Å². The molecule has 0 aliphatic carbocycles. The van der Waals surface area contributed by atoms with E-state index in [-0.39, 0.29) is 17.0 Å². The molecule has 0 saturated carbocycles. The molecule has 0 amide bonds. The summed E-state index contributed by atoms with van der Waals surface area (Å²) in [7, 11) is 0. The lowest BCUT2D eigenvalue weighted by atomic mass is 10.2. The Hall–Kier alpha value is -3.15. The maximum absolute atomic E-state index is 12.8. The van der Waals surface area contributed by atoms with Crippen LogP contribution in [0.3, 0.4) is 0 Å². The van der Waals surface area contributed by atoms with Crippen molar-refractivity contribution in [3.05, 3.63) is 71.0 Å². The van der Waals surface area contributed by atoms with E-state index in [2.05, 4.69) is 4.98 Å². The van der Waals surface area contributed by atoms with E-state index in [0.717, 1.165) is 5.39 Å². The molecule has 2 heterocycles. The van der Waals surface area contributed by atoms with Crippen LogP contribution in [0.1, 0.15) is 6.42 Å². The molecule has 0 radical (unpaired) electrons. The van der Waals surface area contributed by atoms with Gasteiger partial charge in [-0.1, -0.05) is 12.1 Å². The summed E-state index contributed by atoms with van der Waals surface area (Å²) < 4.78 is 25.5. The van der Waals surface area contributed by atoms with Crippen molar-refractivity contribution in [1.82, 2.24) is 9.55 Å². The van der Waals surface area contributed by atoms with Gasteiger partial charge in [-0.25, -0.2) is 9.37 Å². The number of aromatic nitrogens is 2. The molecule has 0 fully saturated rings. The molecule has 4 rings (SSSR count). The minimum Gasteiger partial charge on any atom is -0.494 e. The Labute approximate surface area is 142 Å². The molecule has 0 unspecified atom stereocenters. The number of fused-ring (bicyclic) bond motifs is 3. The zero-order valence-electron chi connectivity index (χ0n) is 13.3. The third-order valence-electron chi connectivity index (χ3n) is 3.98. The molecule has 5 nitrogen and oxygen atoms in total. The molecule has 0 aliphatic heterocycles. The average molecular weight is 338 g/mol. The number of rotatable bonds is 5. The van der Waals surface area contributed by atoms with Gasteiger partial charge in [-0.05, 0) is 42.8 Å². The van der Waals surface area contributed by atoms with Crippen LogP contribution in [0.2, 0.25) is 0 Å². The minimum absolute atomic E-state index is 0.206. The van der Waals surface area contributed by atoms with E-state index in [1.54, 1.807) is 12.1 Å². The minimum atomic E-state index is -0.302. The van der Waals surface area contributed by atoms with Crippen molar-refractivity contribution >= 4 is 22.1 Å². The Bertz CT molecular complexity index is 1080. The highest BCUT2D eigenvalue weighted by atomic mass is 19.1. The number of hydrogen-bond acceptors (Lipinski definition) is 4. The summed E-state index contributed by atoms with van der Waals surface area (Å²) in [6, 6.07) is 13.3. The van der Waals surface area contributed by atoms with Crippen molar-refractivity contribution in [2.75, 3.05) is 6.61 Å². The lowest BCUT2D eigenvalue weighted by Gasteiger charge is -2.07. The quantitative estimate of drug-likeness (QED) is 0.520. The first kappa shape index (κ1) is 15.4. The van der Waals surface area contributed by atoms with Gasteiger partial charge in [0, 0.05) is 11.9 Å². The largest absolute Gasteiger partial charge is 0.494 e. The Morgan fingerprint density at radius 2 is 1.92 bits per heavy atom. The zero-order chi connectivity index (χ0) is 17.2. The van der Waals surface area contributed by atoms with E-state index in [9.17, 15) is 9.18 Å². The summed E-state index contributed by atoms with van der Waals surface area (Å²) in [6.07, 6.45) is 2.15. The predicted molar refractivity (Wildman–Crippen MR) is 92.3 cm³/mol. The summed E-state index contributed by atoms with van der Waals surface area (Å²) in [6.45, 7) is 0.871. The van der Waals surface area contributed by atoms with Gasteiger partial charge in [-0.2, -0.15) is 0 Å². The molecule has 25 heavy (non-hydrogen) atoms. The summed E-state index contributed by atoms with van der Waals surface area (Å²) >= 11 is 0. The van der Waals surface area contributed by atoms with Crippen LogP contribution in [-0.2, 0) is 6.54 Å². The molecule has 0 bridgehead atoms. The van der Waals surface area contributed by atoms with E-state index >= 15 is 0 Å². The smallest absolute Gasteiger partial charge is 0.297 e. The number of benzene rings is 2. The number of ether oxygens (including phenoxy) is 1. The van der Waals surface area contributed by atoms with Crippen LogP contribution >= 0.6 is 0 Å². The highest BCUT2D eigenvalue weighted by molar-refractivity contribution is 6.01. The van der Waals surface area contributed by atoms with Crippen LogP contribution in [0, 0.1) is 5.82 Å². The number of para-hydroxylation sites is 1. The summed E-state index contributed by atoms with van der Waals surface area (Å²) in [5.74, 6) is 0.295. The topological polar surface area (TPSA) is 57.3 Å². The van der Waals surface area contributed by atoms with Crippen molar-refractivity contribution < 1.29 is 13.5 Å². The first-order valence-corrected chi connectivity index (χ1v) is 7.97. The Kier molecular flexibility index (Phi) is 3.93.